The van der Waals surface area contributed by atoms with Gasteiger partial charge in [0.15, 0.2) is 11.9 Å². The molecular weight excluding hydrogens is 338 g/mol. The molecule has 2 N–H and O–H groups in total. The highest BCUT2D eigenvalue weighted by Crippen LogP contribution is 2.35. The van der Waals surface area contributed by atoms with Gasteiger partial charge >= 0.3 is 5.97 Å². The quantitative estimate of drug-likeness (QED) is 0.704. The number of carbonyl (C=O) groups excluding carboxylic acids is 1. The maximum atomic E-state index is 12.6. The summed E-state index contributed by atoms with van der Waals surface area (Å²) in [7, 11) is 0. The van der Waals surface area contributed by atoms with Crippen LogP contribution in [0.1, 0.15) is 53.1 Å². The SMILES string of the molecule is C[C@@H]1CCc2c(sc3nc([C@H](C)OC(=O)c4ccc[nH]4)[nH]c(=O)c23)C1. The largest absolute Gasteiger partial charge is 0.450 e. The number of aromatic amines is 2. The molecule has 3 aromatic heterocycles. The van der Waals surface area contributed by atoms with Gasteiger partial charge in [0.25, 0.3) is 5.56 Å². The van der Waals surface area contributed by atoms with Crippen molar-refractivity contribution in [1.29, 1.82) is 0 Å². The van der Waals surface area contributed by atoms with Crippen molar-refractivity contribution in [3.8, 4) is 0 Å². The highest BCUT2D eigenvalue weighted by molar-refractivity contribution is 7.18. The maximum Gasteiger partial charge on any atom is 0.355 e. The van der Waals surface area contributed by atoms with Crippen LogP contribution in [0.5, 0.6) is 0 Å². The molecule has 0 radical (unpaired) electrons. The minimum Gasteiger partial charge on any atom is -0.450 e. The third-order valence-electron chi connectivity index (χ3n) is 4.67. The van der Waals surface area contributed by atoms with Gasteiger partial charge in [-0.05, 0) is 49.8 Å². The van der Waals surface area contributed by atoms with Gasteiger partial charge in [0.2, 0.25) is 0 Å². The summed E-state index contributed by atoms with van der Waals surface area (Å²) in [6.07, 6.45) is 4.06. The smallest absolute Gasteiger partial charge is 0.355 e. The molecule has 0 saturated carbocycles. The van der Waals surface area contributed by atoms with Crippen molar-refractivity contribution in [1.82, 2.24) is 15.0 Å². The number of rotatable bonds is 3. The Morgan fingerprint density at radius 2 is 2.32 bits per heavy atom. The zero-order valence-electron chi connectivity index (χ0n) is 14.1. The molecule has 3 aromatic rings. The van der Waals surface area contributed by atoms with Crippen LogP contribution in [0.3, 0.4) is 0 Å². The number of ether oxygens (including phenoxy) is 1. The Labute approximate surface area is 148 Å². The summed E-state index contributed by atoms with van der Waals surface area (Å²) in [5, 5.41) is 0.707. The van der Waals surface area contributed by atoms with E-state index in [-0.39, 0.29) is 5.56 Å². The third-order valence-corrected chi connectivity index (χ3v) is 5.82. The summed E-state index contributed by atoms with van der Waals surface area (Å²) in [4.78, 5) is 36.8. The molecule has 0 bridgehead atoms. The second kappa shape index (κ2) is 6.15. The van der Waals surface area contributed by atoms with Crippen molar-refractivity contribution < 1.29 is 9.53 Å². The Morgan fingerprint density at radius 1 is 1.48 bits per heavy atom. The third kappa shape index (κ3) is 2.89. The first-order chi connectivity index (χ1) is 12.0. The van der Waals surface area contributed by atoms with Crippen LogP contribution in [0.15, 0.2) is 23.1 Å². The van der Waals surface area contributed by atoms with Crippen LogP contribution in [0.2, 0.25) is 0 Å². The molecule has 0 spiro atoms. The predicted molar refractivity (Wildman–Crippen MR) is 96.1 cm³/mol. The molecule has 25 heavy (non-hydrogen) atoms. The fourth-order valence-electron chi connectivity index (χ4n) is 3.30. The number of H-pyrrole nitrogens is 2. The molecule has 6 nitrogen and oxygen atoms in total. The normalized spacial score (nSPS) is 18.1. The molecule has 0 aliphatic heterocycles. The van der Waals surface area contributed by atoms with Crippen LogP contribution in [-0.4, -0.2) is 20.9 Å². The standard InChI is InChI=1S/C18H19N3O3S/c1-9-5-6-11-13(8-9)25-17-14(11)16(22)20-15(21-17)10(2)24-18(23)12-4-3-7-19-12/h3-4,7,9-10,19H,5-6,8H2,1-2H3,(H,20,21,22)/t9-,10+/m1/s1. The molecule has 130 valence electrons. The second-order valence-corrected chi connectivity index (χ2v) is 7.70. The Bertz CT molecular complexity index is 987. The van der Waals surface area contributed by atoms with Gasteiger partial charge in [0, 0.05) is 11.1 Å². The summed E-state index contributed by atoms with van der Waals surface area (Å²) in [6.45, 7) is 3.94. The summed E-state index contributed by atoms with van der Waals surface area (Å²) in [5.74, 6) is 0.545. The summed E-state index contributed by atoms with van der Waals surface area (Å²) in [5.41, 5.74) is 1.38. The van der Waals surface area contributed by atoms with E-state index in [0.29, 0.717) is 22.8 Å². The van der Waals surface area contributed by atoms with Crippen molar-refractivity contribution in [2.45, 2.75) is 39.2 Å². The highest BCUT2D eigenvalue weighted by Gasteiger charge is 2.24. The minimum absolute atomic E-state index is 0.144. The Morgan fingerprint density at radius 3 is 3.08 bits per heavy atom. The minimum atomic E-state index is -0.633. The lowest BCUT2D eigenvalue weighted by Gasteiger charge is -2.17. The highest BCUT2D eigenvalue weighted by atomic mass is 32.1. The van der Waals surface area contributed by atoms with Gasteiger partial charge in [-0.25, -0.2) is 9.78 Å². The molecule has 0 unspecified atom stereocenters. The number of aryl methyl sites for hydroxylation is 1. The number of thiophene rings is 1. The molecule has 0 saturated heterocycles. The predicted octanol–water partition coefficient (Wildman–Crippen LogP) is 3.36. The monoisotopic (exact) mass is 357 g/mol. The van der Waals surface area contributed by atoms with Crippen LogP contribution in [0, 0.1) is 5.92 Å². The van der Waals surface area contributed by atoms with E-state index in [9.17, 15) is 9.59 Å². The molecule has 2 atom stereocenters. The van der Waals surface area contributed by atoms with Crippen LogP contribution in [0.4, 0.5) is 0 Å². The Kier molecular flexibility index (Phi) is 3.95. The Hall–Kier alpha value is -2.41. The van der Waals surface area contributed by atoms with E-state index in [4.69, 9.17) is 4.74 Å². The second-order valence-electron chi connectivity index (χ2n) is 6.61. The van der Waals surface area contributed by atoms with E-state index in [1.165, 1.54) is 4.88 Å². The summed E-state index contributed by atoms with van der Waals surface area (Å²) >= 11 is 1.59. The number of hydrogen-bond donors (Lipinski definition) is 2. The van der Waals surface area contributed by atoms with Gasteiger partial charge in [-0.1, -0.05) is 6.92 Å². The van der Waals surface area contributed by atoms with Crippen LogP contribution < -0.4 is 5.56 Å². The average molecular weight is 357 g/mol. The van der Waals surface area contributed by atoms with E-state index < -0.39 is 12.1 Å². The molecule has 7 heteroatoms. The zero-order valence-corrected chi connectivity index (χ0v) is 14.9. The molecular formula is C18H19N3O3S. The number of aromatic nitrogens is 3. The maximum absolute atomic E-state index is 12.6. The lowest BCUT2D eigenvalue weighted by molar-refractivity contribution is 0.0314. The van der Waals surface area contributed by atoms with E-state index in [1.54, 1.807) is 36.6 Å². The van der Waals surface area contributed by atoms with Gasteiger partial charge in [0.05, 0.1) is 5.39 Å². The topological polar surface area (TPSA) is 87.8 Å². The van der Waals surface area contributed by atoms with E-state index >= 15 is 0 Å². The number of nitrogens with zero attached hydrogens (tertiary/aromatic N) is 1. The summed E-state index contributed by atoms with van der Waals surface area (Å²) < 4.78 is 5.41. The molecule has 1 aliphatic rings. The van der Waals surface area contributed by atoms with Gasteiger partial charge in [0.1, 0.15) is 10.5 Å². The van der Waals surface area contributed by atoms with Crippen molar-refractivity contribution in [3.63, 3.8) is 0 Å². The van der Waals surface area contributed by atoms with Crippen LogP contribution >= 0.6 is 11.3 Å². The molecule has 3 heterocycles. The van der Waals surface area contributed by atoms with E-state index in [1.807, 2.05) is 0 Å². The number of nitrogens with one attached hydrogen (secondary N) is 2. The fraction of sp³-hybridized carbons (Fsp3) is 0.389. The average Bonchev–Trinajstić information content (AvgIpc) is 3.21. The van der Waals surface area contributed by atoms with Crippen molar-refractivity contribution in [2.24, 2.45) is 5.92 Å². The lowest BCUT2D eigenvalue weighted by atomic mass is 9.89. The van der Waals surface area contributed by atoms with E-state index in [2.05, 4.69) is 21.9 Å². The molecule has 1 aliphatic carbocycles. The van der Waals surface area contributed by atoms with Gasteiger partial charge in [-0.2, -0.15) is 0 Å². The van der Waals surface area contributed by atoms with E-state index in [0.717, 1.165) is 29.7 Å². The van der Waals surface area contributed by atoms with Gasteiger partial charge in [-0.15, -0.1) is 11.3 Å². The Balaban J connectivity index is 1.67. The molecule has 0 amide bonds. The molecule has 4 rings (SSSR count). The molecule has 0 fully saturated rings. The van der Waals surface area contributed by atoms with Crippen LogP contribution in [-0.2, 0) is 17.6 Å². The number of fused-ring (bicyclic) bond motifs is 3. The fourth-order valence-corrected chi connectivity index (χ4v) is 4.69. The number of carbonyl (C=O) groups is 1. The number of hydrogen-bond acceptors (Lipinski definition) is 5. The first kappa shape index (κ1) is 16.1. The first-order valence-electron chi connectivity index (χ1n) is 8.41. The summed E-state index contributed by atoms with van der Waals surface area (Å²) in [6, 6.07) is 3.37. The van der Waals surface area contributed by atoms with Crippen molar-refractivity contribution in [3.05, 3.63) is 50.6 Å². The van der Waals surface area contributed by atoms with Gasteiger partial charge in [-0.3, -0.25) is 4.79 Å². The first-order valence-corrected chi connectivity index (χ1v) is 9.23. The van der Waals surface area contributed by atoms with Crippen molar-refractivity contribution in [2.75, 3.05) is 0 Å². The zero-order chi connectivity index (χ0) is 17.6. The van der Waals surface area contributed by atoms with Gasteiger partial charge < -0.3 is 14.7 Å². The van der Waals surface area contributed by atoms with Crippen LogP contribution in [0.25, 0.3) is 10.2 Å². The number of esters is 1. The molecule has 0 aromatic carbocycles. The lowest BCUT2D eigenvalue weighted by Crippen LogP contribution is -2.18. The van der Waals surface area contributed by atoms with Crippen molar-refractivity contribution >= 4 is 27.5 Å².